The number of unbranched alkanes of at least 4 members (excludes halogenated alkanes) is 1. The molecule has 1 unspecified atom stereocenters. The molecular weight excluding hydrogens is 408 g/mol. The van der Waals surface area contributed by atoms with Gasteiger partial charge < -0.3 is 4.57 Å². The second kappa shape index (κ2) is 9.18. The quantitative estimate of drug-likeness (QED) is 0.519. The van der Waals surface area contributed by atoms with Gasteiger partial charge >= 0.3 is 0 Å². The van der Waals surface area contributed by atoms with Crippen molar-refractivity contribution in [3.63, 3.8) is 0 Å². The van der Waals surface area contributed by atoms with Crippen LogP contribution < -0.4 is 0 Å². The first kappa shape index (κ1) is 21.5. The van der Waals surface area contributed by atoms with E-state index in [1.54, 1.807) is 0 Å². The molecule has 1 aliphatic carbocycles. The van der Waals surface area contributed by atoms with Crippen LogP contribution in [0.2, 0.25) is 5.15 Å². The van der Waals surface area contributed by atoms with E-state index in [0.717, 1.165) is 55.7 Å². The lowest BCUT2D eigenvalue weighted by Gasteiger charge is -2.32. The van der Waals surface area contributed by atoms with Crippen LogP contribution in [0.25, 0.3) is 5.57 Å². The Morgan fingerprint density at radius 2 is 2.00 bits per heavy atom. The van der Waals surface area contributed by atoms with Crippen molar-refractivity contribution in [3.8, 4) is 0 Å². The van der Waals surface area contributed by atoms with Crippen molar-refractivity contribution >= 4 is 17.2 Å². The van der Waals surface area contributed by atoms with Gasteiger partial charge in [-0.3, -0.25) is 0 Å². The molecule has 1 N–H and O–H groups in total. The number of aromatic amines is 1. The Kier molecular flexibility index (Phi) is 6.37. The molecule has 7 heteroatoms. The van der Waals surface area contributed by atoms with Crippen molar-refractivity contribution in [2.75, 3.05) is 0 Å². The number of allylic oxidation sites excluding steroid dienone is 4. The van der Waals surface area contributed by atoms with Crippen LogP contribution >= 0.6 is 11.6 Å². The fourth-order valence-corrected chi connectivity index (χ4v) is 4.68. The van der Waals surface area contributed by atoms with E-state index >= 15 is 0 Å². The highest BCUT2D eigenvalue weighted by atomic mass is 35.5. The highest BCUT2D eigenvalue weighted by molar-refractivity contribution is 6.30. The highest BCUT2D eigenvalue weighted by Crippen LogP contribution is 2.42. The maximum absolute atomic E-state index is 6.44. The van der Waals surface area contributed by atoms with Gasteiger partial charge in [-0.25, -0.2) is 4.98 Å². The Hall–Kier alpha value is -2.73. The summed E-state index contributed by atoms with van der Waals surface area (Å²) < 4.78 is 2.29. The van der Waals surface area contributed by atoms with Crippen LogP contribution in [0.1, 0.15) is 68.5 Å². The van der Waals surface area contributed by atoms with Crippen LogP contribution in [0, 0.1) is 0 Å². The standard InChI is InChI=1S/C24H29ClN6/c1-4-6-10-21-26-22(25)20(5-2)31(21)16-17-11-13-18(14-12-17)24(3)15-8-7-9-19(24)23-27-29-30-28-23/h7-9,11-14H,4-6,10,15-16H2,1-3H3,(H,27,28,29,30). The molecule has 162 valence electrons. The minimum atomic E-state index is -0.198. The maximum Gasteiger partial charge on any atom is 0.201 e. The third-order valence-corrected chi connectivity index (χ3v) is 6.53. The van der Waals surface area contributed by atoms with E-state index in [9.17, 15) is 0 Å². The summed E-state index contributed by atoms with van der Waals surface area (Å²) in [5, 5.41) is 15.4. The van der Waals surface area contributed by atoms with Crippen molar-refractivity contribution in [3.05, 3.63) is 76.1 Å². The van der Waals surface area contributed by atoms with Crippen molar-refractivity contribution in [2.45, 2.75) is 64.8 Å². The average Bonchev–Trinajstić information content (AvgIpc) is 3.41. The first-order valence-electron chi connectivity index (χ1n) is 11.0. The number of benzene rings is 1. The SMILES string of the molecule is CCCCc1nc(Cl)c(CC)n1Cc1ccc(C2(C)CC=CC=C2c2nn[nH]n2)cc1. The van der Waals surface area contributed by atoms with E-state index in [4.69, 9.17) is 11.6 Å². The number of imidazole rings is 1. The molecule has 3 aromatic rings. The van der Waals surface area contributed by atoms with Crippen LogP contribution in [-0.2, 0) is 24.8 Å². The zero-order valence-electron chi connectivity index (χ0n) is 18.4. The number of aryl methyl sites for hydroxylation is 1. The number of hydrogen-bond acceptors (Lipinski definition) is 4. The summed E-state index contributed by atoms with van der Waals surface area (Å²) in [7, 11) is 0. The Labute approximate surface area is 188 Å². The Morgan fingerprint density at radius 3 is 2.68 bits per heavy atom. The monoisotopic (exact) mass is 436 g/mol. The number of rotatable bonds is 8. The normalized spacial score (nSPS) is 18.4. The zero-order valence-corrected chi connectivity index (χ0v) is 19.2. The first-order chi connectivity index (χ1) is 15.1. The van der Waals surface area contributed by atoms with Crippen LogP contribution in [-0.4, -0.2) is 30.2 Å². The molecule has 0 aliphatic heterocycles. The van der Waals surface area contributed by atoms with Gasteiger partial charge in [0.15, 0.2) is 5.15 Å². The second-order valence-electron chi connectivity index (χ2n) is 8.29. The maximum atomic E-state index is 6.44. The van der Waals surface area contributed by atoms with E-state index in [1.807, 2.05) is 0 Å². The molecule has 1 aromatic carbocycles. The van der Waals surface area contributed by atoms with Gasteiger partial charge in [-0.05, 0) is 35.6 Å². The number of nitrogens with one attached hydrogen (secondary N) is 1. The molecule has 31 heavy (non-hydrogen) atoms. The summed E-state index contributed by atoms with van der Waals surface area (Å²) in [6.07, 6.45) is 11.3. The van der Waals surface area contributed by atoms with Gasteiger partial charge in [-0.2, -0.15) is 5.21 Å². The van der Waals surface area contributed by atoms with Gasteiger partial charge in [0.2, 0.25) is 5.82 Å². The summed E-state index contributed by atoms with van der Waals surface area (Å²) in [6.45, 7) is 7.36. The van der Waals surface area contributed by atoms with E-state index in [0.29, 0.717) is 11.0 Å². The molecule has 0 fully saturated rings. The number of H-pyrrole nitrogens is 1. The molecule has 0 bridgehead atoms. The highest BCUT2D eigenvalue weighted by Gasteiger charge is 2.34. The summed E-state index contributed by atoms with van der Waals surface area (Å²) in [5.74, 6) is 1.73. The van der Waals surface area contributed by atoms with Crippen molar-refractivity contribution in [1.29, 1.82) is 0 Å². The molecule has 2 heterocycles. The molecule has 0 amide bonds. The van der Waals surface area contributed by atoms with Gasteiger partial charge in [0.05, 0.1) is 5.69 Å². The van der Waals surface area contributed by atoms with Crippen LogP contribution in [0.4, 0.5) is 0 Å². The predicted octanol–water partition coefficient (Wildman–Crippen LogP) is 5.30. The fourth-order valence-electron chi connectivity index (χ4n) is 4.35. The molecule has 0 saturated heterocycles. The number of nitrogens with zero attached hydrogens (tertiary/aromatic N) is 5. The van der Waals surface area contributed by atoms with Gasteiger partial charge in [0.25, 0.3) is 0 Å². The van der Waals surface area contributed by atoms with Gasteiger partial charge in [0.1, 0.15) is 5.82 Å². The topological polar surface area (TPSA) is 72.3 Å². The van der Waals surface area contributed by atoms with E-state index < -0.39 is 0 Å². The minimum Gasteiger partial charge on any atom is -0.326 e. The van der Waals surface area contributed by atoms with Gasteiger partial charge in [-0.15, -0.1) is 10.2 Å². The molecular formula is C24H29ClN6. The zero-order chi connectivity index (χ0) is 21.8. The summed E-state index contributed by atoms with van der Waals surface area (Å²) in [5.41, 5.74) is 4.47. The van der Waals surface area contributed by atoms with Crippen LogP contribution in [0.5, 0.6) is 0 Å². The predicted molar refractivity (Wildman–Crippen MR) is 124 cm³/mol. The Bertz CT molecular complexity index is 1080. The average molecular weight is 437 g/mol. The molecule has 0 saturated carbocycles. The van der Waals surface area contributed by atoms with E-state index in [1.165, 1.54) is 11.1 Å². The number of tetrazole rings is 1. The molecule has 0 radical (unpaired) electrons. The third-order valence-electron chi connectivity index (χ3n) is 6.23. The number of hydrogen-bond donors (Lipinski definition) is 1. The number of halogens is 1. The van der Waals surface area contributed by atoms with Crippen molar-refractivity contribution in [2.24, 2.45) is 0 Å². The lowest BCUT2D eigenvalue weighted by molar-refractivity contribution is 0.614. The molecule has 2 aromatic heterocycles. The Balaban J connectivity index is 1.61. The summed E-state index contributed by atoms with van der Waals surface area (Å²) in [4.78, 5) is 4.65. The molecule has 0 spiro atoms. The Morgan fingerprint density at radius 1 is 1.19 bits per heavy atom. The first-order valence-corrected chi connectivity index (χ1v) is 11.4. The van der Waals surface area contributed by atoms with Gasteiger partial charge in [-0.1, -0.05) is 81.3 Å². The lowest BCUT2D eigenvalue weighted by atomic mass is 9.71. The summed E-state index contributed by atoms with van der Waals surface area (Å²) >= 11 is 6.44. The van der Waals surface area contributed by atoms with E-state index in [-0.39, 0.29) is 5.41 Å². The second-order valence-corrected chi connectivity index (χ2v) is 8.64. The van der Waals surface area contributed by atoms with E-state index in [2.05, 4.69) is 93.4 Å². The smallest absolute Gasteiger partial charge is 0.201 e. The van der Waals surface area contributed by atoms with Gasteiger partial charge in [0, 0.05) is 24.0 Å². The van der Waals surface area contributed by atoms with Crippen molar-refractivity contribution in [1.82, 2.24) is 30.2 Å². The molecule has 1 atom stereocenters. The summed E-state index contributed by atoms with van der Waals surface area (Å²) in [6, 6.07) is 8.87. The minimum absolute atomic E-state index is 0.198. The van der Waals surface area contributed by atoms with Crippen LogP contribution in [0.3, 0.4) is 0 Å². The number of aromatic nitrogens is 6. The van der Waals surface area contributed by atoms with Crippen molar-refractivity contribution < 1.29 is 0 Å². The fraction of sp³-hybridized carbons (Fsp3) is 0.417. The largest absolute Gasteiger partial charge is 0.326 e. The lowest BCUT2D eigenvalue weighted by Crippen LogP contribution is -2.25. The third kappa shape index (κ3) is 4.22. The molecule has 4 rings (SSSR count). The molecule has 6 nitrogen and oxygen atoms in total. The van der Waals surface area contributed by atoms with Crippen LogP contribution in [0.15, 0.2) is 42.5 Å². The molecule has 1 aliphatic rings.